The van der Waals surface area contributed by atoms with Crippen molar-refractivity contribution in [1.29, 1.82) is 5.41 Å². The Balaban J connectivity index is 1.10. The van der Waals surface area contributed by atoms with E-state index in [2.05, 4.69) is 85.3 Å². The lowest BCUT2D eigenvalue weighted by Crippen LogP contribution is -2.62. The number of rotatable bonds is 27. The number of thioether (sulfide) groups is 1. The lowest BCUT2D eigenvalue weighted by molar-refractivity contribution is -0.149. The number of amides is 17. The van der Waals surface area contributed by atoms with Crippen molar-refractivity contribution in [3.63, 3.8) is 0 Å². The van der Waals surface area contributed by atoms with Gasteiger partial charge in [0.05, 0.1) is 31.7 Å². The number of phenolic OH excluding ortho intramolecular Hbond substituents is 1. The van der Waals surface area contributed by atoms with Crippen molar-refractivity contribution in [2.45, 2.75) is 228 Å². The summed E-state index contributed by atoms with van der Waals surface area (Å²) < 4.78 is 0.822. The number of aromatic nitrogens is 3. The molecule has 3 aromatic heterocycles. The van der Waals surface area contributed by atoms with Crippen LogP contribution in [0.5, 0.6) is 5.75 Å². The molecule has 23 N–H and O–H groups in total. The number of carbonyl (C=O) groups is 17. The molecule has 5 heterocycles. The third-order valence-corrected chi connectivity index (χ3v) is 26.4. The minimum atomic E-state index is -1.92. The number of likely N-dealkylation sites (N-methyl/N-ethyl adjacent to an activating group) is 3. The van der Waals surface area contributed by atoms with Crippen LogP contribution < -0.4 is 81.0 Å². The maximum absolute atomic E-state index is 15.8. The monoisotopic (exact) mass is 1920 g/mol. The van der Waals surface area contributed by atoms with Crippen molar-refractivity contribution in [2.24, 2.45) is 29.0 Å². The number of nitrogens with two attached hydrogens (primary N) is 3. The highest BCUT2D eigenvalue weighted by atomic mass is 32.2. The number of H-pyrrole nitrogens is 2. The van der Waals surface area contributed by atoms with Gasteiger partial charge in [-0.2, -0.15) is 0 Å². The largest absolute Gasteiger partial charge is 0.508 e. The molecule has 3 aliphatic rings. The fourth-order valence-electron chi connectivity index (χ4n) is 16.5. The van der Waals surface area contributed by atoms with E-state index in [0.717, 1.165) is 36.5 Å². The number of para-hydroxylation sites is 1. The van der Waals surface area contributed by atoms with E-state index in [-0.39, 0.29) is 102 Å². The van der Waals surface area contributed by atoms with Gasteiger partial charge in [0.15, 0.2) is 5.96 Å². The molecule has 736 valence electrons. The number of primary amides is 2. The summed E-state index contributed by atoms with van der Waals surface area (Å²) in [6.45, 7) is 10.6. The van der Waals surface area contributed by atoms with E-state index in [1.807, 2.05) is 32.0 Å². The number of carbonyl (C=O) groups excluding carboxylic acids is 17. The van der Waals surface area contributed by atoms with Crippen LogP contribution in [0.4, 0.5) is 0 Å². The first-order valence-electron chi connectivity index (χ1n) is 45.4. The fraction of sp³-hybridized carbons (Fsp3) is 0.511. The Morgan fingerprint density at radius 1 is 0.618 bits per heavy atom. The Morgan fingerprint density at radius 3 is 1.87 bits per heavy atom. The van der Waals surface area contributed by atoms with Gasteiger partial charge in [0.25, 0.3) is 0 Å². The zero-order chi connectivity index (χ0) is 99.4. The van der Waals surface area contributed by atoms with Crippen molar-refractivity contribution in [1.82, 2.24) is 98.4 Å². The van der Waals surface area contributed by atoms with E-state index < -0.39 is 227 Å². The first kappa shape index (κ1) is 106. The van der Waals surface area contributed by atoms with Crippen molar-refractivity contribution >= 4 is 150 Å². The molecule has 0 bridgehead atoms. The molecule has 2 saturated heterocycles. The molecule has 17 amide bonds. The molecule has 2 aliphatic heterocycles. The molecule has 15 atom stereocenters. The van der Waals surface area contributed by atoms with E-state index in [1.54, 1.807) is 55.8 Å². The van der Waals surface area contributed by atoms with Gasteiger partial charge in [0, 0.05) is 105 Å². The number of fused-ring (bicyclic) bond motifs is 3. The van der Waals surface area contributed by atoms with Crippen LogP contribution >= 0.6 is 23.1 Å². The Hall–Kier alpha value is -13.5. The Kier molecular flexibility index (Phi) is 39.2. The Labute approximate surface area is 795 Å². The van der Waals surface area contributed by atoms with Crippen LogP contribution in [-0.2, 0) is 107 Å². The van der Waals surface area contributed by atoms with E-state index in [1.165, 1.54) is 87.2 Å². The highest BCUT2D eigenvalue weighted by Crippen LogP contribution is 2.45. The number of nitrogens with one attached hydrogen (secondary N) is 15. The fourth-order valence-corrected chi connectivity index (χ4v) is 18.4. The number of guanidine groups is 1. The quantitative estimate of drug-likeness (QED) is 0.0126. The Morgan fingerprint density at radius 2 is 1.22 bits per heavy atom. The molecule has 44 heteroatoms. The molecule has 9 rings (SSSR count). The highest BCUT2D eigenvalue weighted by molar-refractivity contribution is 8.00. The molecule has 1 saturated carbocycles. The van der Waals surface area contributed by atoms with Gasteiger partial charge < -0.3 is 121 Å². The highest BCUT2D eigenvalue weighted by Gasteiger charge is 2.61. The third kappa shape index (κ3) is 29.0. The lowest BCUT2D eigenvalue weighted by Gasteiger charge is -2.36. The molecule has 0 radical (unpaired) electrons. The van der Waals surface area contributed by atoms with Crippen LogP contribution in [0.1, 0.15) is 140 Å². The molecule has 3 aromatic carbocycles. The predicted octanol–water partition coefficient (Wildman–Crippen LogP) is -1.10. The number of imidazole rings is 1. The zero-order valence-corrected chi connectivity index (χ0v) is 79.2. The molecular weight excluding hydrogens is 1800 g/mol. The molecular formula is C92H127N23O19S2. The normalized spacial score (nSPS) is 25.0. The second-order valence-electron chi connectivity index (χ2n) is 35.0. The average Bonchev–Trinajstić information content (AvgIpc) is 1.58. The molecule has 3 fully saturated rings. The van der Waals surface area contributed by atoms with E-state index >= 15 is 43.2 Å². The third-order valence-electron chi connectivity index (χ3n) is 24.4. The van der Waals surface area contributed by atoms with Gasteiger partial charge in [0.2, 0.25) is 100 Å². The summed E-state index contributed by atoms with van der Waals surface area (Å²) in [5.41, 5.74) is 17.4. The summed E-state index contributed by atoms with van der Waals surface area (Å²) in [6.07, 6.45) is 5.45. The minimum absolute atomic E-state index is 0.00656. The maximum atomic E-state index is 15.8. The first-order chi connectivity index (χ1) is 64.8. The van der Waals surface area contributed by atoms with Crippen LogP contribution in [0.3, 0.4) is 0 Å². The Bertz CT molecular complexity index is 5300. The number of phenols is 1. The standard InChI is InChI=1S/C92H127N23O19S2/c1-10-13-25-70-84(128)103-61(24-19-33-98-91(95)96)79(123)109-69(78(122)100-44-75(94)119)47-135-48-76(120)102-66(36-52-29-31-57(117)32-30-52)86(130)112(7)51(6)77(121)104-64(40-74(93)118)83(127)111-92(41-55(92)12-3)90(134)110-63(39-56-43-97-49-101-56)81(125)106-65(35-50(4)5)88(132)115-34-20-27-71(115)85(129)105-62(37-53-42-99-60-23-17-15-21-58(53)60)80(124)108-68(45-116)82(126)107-67(38-54-46-136-73-28-18-16-22-59(54)73)87(131)114(9)72(26-14-11-2)89(133)113(70)8/h12,15-18,21-23,28-32,42-43,46,49-51,55,61-72,99,116-117H,3,10-11,13-14,19-20,24-27,33-41,44-45,47-48H2,1-2,4-9H3,(H2,93,118)(H2,94,119)(H,97,101)(H,100,122)(H,102,120)(H,103,128)(H,104,121)(H,105,129)(H,106,125)(H,107,126)(H,108,124)(H,109,123)(H,110,134)(H,111,127)(H4,95,96,98)/t51-,55-,61-,62-,63-,64-,65-,66-,67-,68-,69?,70-,71-,72-,92-/m0/s1. The topological polar surface area (TPSA) is 634 Å². The summed E-state index contributed by atoms with van der Waals surface area (Å²) in [7, 11) is 3.93. The van der Waals surface area contributed by atoms with Crippen molar-refractivity contribution in [2.75, 3.05) is 58.9 Å². The number of aliphatic hydroxyl groups excluding tert-OH is 1. The zero-order valence-electron chi connectivity index (χ0n) is 77.6. The van der Waals surface area contributed by atoms with Crippen LogP contribution in [0, 0.1) is 17.2 Å². The van der Waals surface area contributed by atoms with Gasteiger partial charge in [-0.25, -0.2) is 4.98 Å². The van der Waals surface area contributed by atoms with Gasteiger partial charge in [0.1, 0.15) is 89.8 Å². The van der Waals surface area contributed by atoms with E-state index in [9.17, 15) is 48.6 Å². The summed E-state index contributed by atoms with van der Waals surface area (Å²) >= 11 is 2.12. The van der Waals surface area contributed by atoms with Gasteiger partial charge in [-0.1, -0.05) is 108 Å². The number of aliphatic hydroxyl groups is 1. The van der Waals surface area contributed by atoms with Crippen LogP contribution in [0.15, 0.2) is 110 Å². The predicted molar refractivity (Wildman–Crippen MR) is 506 cm³/mol. The maximum Gasteiger partial charge on any atom is 0.247 e. The summed E-state index contributed by atoms with van der Waals surface area (Å²) in [5, 5.41) is 64.4. The summed E-state index contributed by atoms with van der Waals surface area (Å²) in [6, 6.07) is -0.0849. The number of aromatic hydroxyl groups is 1. The van der Waals surface area contributed by atoms with E-state index in [0.29, 0.717) is 59.0 Å². The van der Waals surface area contributed by atoms with Crippen molar-refractivity contribution in [3.05, 3.63) is 132 Å². The minimum Gasteiger partial charge on any atom is -0.508 e. The number of thiophene rings is 1. The average molecular weight is 1920 g/mol. The number of unbranched alkanes of at least 4 members (excludes halogenated alkanes) is 2. The van der Waals surface area contributed by atoms with Crippen molar-refractivity contribution < 1.29 is 91.7 Å². The molecule has 1 unspecified atom stereocenters. The van der Waals surface area contributed by atoms with E-state index in [4.69, 9.17) is 22.6 Å². The number of benzene rings is 3. The number of hydrogen-bond donors (Lipinski definition) is 20. The number of hydrogen-bond acceptors (Lipinski definition) is 23. The summed E-state index contributed by atoms with van der Waals surface area (Å²) in [5.74, 6) is -18.6. The van der Waals surface area contributed by atoms with Gasteiger partial charge >= 0.3 is 0 Å². The van der Waals surface area contributed by atoms with Crippen LogP contribution in [0.25, 0.3) is 21.0 Å². The second-order valence-corrected chi connectivity index (χ2v) is 36.9. The smallest absolute Gasteiger partial charge is 0.247 e. The molecule has 6 aromatic rings. The van der Waals surface area contributed by atoms with Gasteiger partial charge in [-0.05, 0) is 116 Å². The van der Waals surface area contributed by atoms with Gasteiger partial charge in [-0.3, -0.25) is 86.9 Å². The number of aromatic amines is 2. The number of nitrogens with zero attached hydrogens (tertiary/aromatic N) is 5. The molecule has 136 heavy (non-hydrogen) atoms. The SMILES string of the molecule is C=C[C@H]1C[C@]12NC(=O)[C@H](CC(N)=O)NC(=O)[C@H](C)N(C)C(=O)[C@H](Cc1ccc(O)cc1)NC(=O)CSCC(C(=O)NCC(N)=O)NC(=O)[C@H](CCCNC(=N)N)NC(=O)[C@H](CCCC)N(C)C(=O)[C@H](CCCC)N(C)C(=O)[C@H](Cc1csc3ccccc13)NC(=O)[C@H](CO)NC(=O)[C@H](Cc1c[nH]c3ccccc13)NC(=O)[C@@H]1CCCN1C(=O)[C@H](CC(C)C)NC(=O)[C@H](Cc1cnc[nH]1)NC2=O. The second kappa shape index (κ2) is 50.2. The molecule has 42 nitrogen and oxygen atoms in total. The van der Waals surface area contributed by atoms with Crippen LogP contribution in [0.2, 0.25) is 0 Å². The van der Waals surface area contributed by atoms with Gasteiger partial charge in [-0.15, -0.1) is 29.7 Å². The summed E-state index contributed by atoms with van der Waals surface area (Å²) in [4.78, 5) is 265. The van der Waals surface area contributed by atoms with Crippen LogP contribution in [-0.4, -0.2) is 294 Å². The van der Waals surface area contributed by atoms with Crippen molar-refractivity contribution in [3.8, 4) is 5.75 Å². The first-order valence-corrected chi connectivity index (χ1v) is 47.5. The molecule has 1 spiro atoms. The lowest BCUT2D eigenvalue weighted by atomic mass is 10.00. The molecule has 1 aliphatic carbocycles.